The van der Waals surface area contributed by atoms with Crippen molar-refractivity contribution in [2.45, 2.75) is 36.1 Å². The Labute approximate surface area is 168 Å². The number of nitrogens with one attached hydrogen (secondary N) is 2. The van der Waals surface area contributed by atoms with Gasteiger partial charge in [-0.25, -0.2) is 21.6 Å². The number of hydrogen-bond acceptors (Lipinski definition) is 6. The number of hydrogen-bond donors (Lipinski definition) is 2. The molecule has 2 rings (SSSR count). The molecule has 0 spiro atoms. The van der Waals surface area contributed by atoms with E-state index in [9.17, 15) is 26.9 Å². The van der Waals surface area contributed by atoms with Gasteiger partial charge < -0.3 is 0 Å². The summed E-state index contributed by atoms with van der Waals surface area (Å²) in [6.45, 7) is 5.01. The van der Waals surface area contributed by atoms with Gasteiger partial charge in [0.15, 0.2) is 0 Å². The van der Waals surface area contributed by atoms with Crippen molar-refractivity contribution in [3.8, 4) is 0 Å². The minimum absolute atomic E-state index is 0.0191. The second-order valence-electron chi connectivity index (χ2n) is 6.86. The lowest BCUT2D eigenvalue weighted by atomic mass is 10.1. The van der Waals surface area contributed by atoms with E-state index in [4.69, 9.17) is 11.6 Å². The van der Waals surface area contributed by atoms with E-state index in [1.807, 2.05) is 0 Å². The minimum Gasteiger partial charge on any atom is -0.280 e. The highest BCUT2D eigenvalue weighted by Crippen LogP contribution is 2.28. The summed E-state index contributed by atoms with van der Waals surface area (Å²) >= 11 is 5.69. The molecule has 2 aromatic rings. The Hall–Kier alpha value is -2.21. The summed E-state index contributed by atoms with van der Waals surface area (Å²) in [5.74, 6) is 0. The average Bonchev–Trinajstić information content (AvgIpc) is 2.52. The summed E-state index contributed by atoms with van der Waals surface area (Å²) in [6.07, 6.45) is 0. The molecule has 0 aromatic heterocycles. The quantitative estimate of drug-likeness (QED) is 0.515. The third kappa shape index (κ3) is 5.41. The Morgan fingerprint density at radius 1 is 0.964 bits per heavy atom. The molecule has 0 atom stereocenters. The zero-order chi connectivity index (χ0) is 21.3. The van der Waals surface area contributed by atoms with Crippen LogP contribution in [0.5, 0.6) is 0 Å². The van der Waals surface area contributed by atoms with Gasteiger partial charge in [-0.2, -0.15) is 0 Å². The van der Waals surface area contributed by atoms with Crippen LogP contribution in [0.25, 0.3) is 0 Å². The van der Waals surface area contributed by atoms with E-state index in [1.54, 1.807) is 20.8 Å². The van der Waals surface area contributed by atoms with Crippen molar-refractivity contribution < 1.29 is 21.8 Å². The standard InChI is InChI=1S/C16H18ClN3O6S2/c1-16(2,3)19-28(25,26)12-6-4-5-11(9-12)18-27(23,24)13-7-8-14(17)15(10-13)20(21)22/h4-10,18-19H,1-3H3. The van der Waals surface area contributed by atoms with Gasteiger partial charge in [-0.1, -0.05) is 17.7 Å². The predicted molar refractivity (Wildman–Crippen MR) is 105 cm³/mol. The second-order valence-corrected chi connectivity index (χ2v) is 10.6. The molecule has 12 heteroatoms. The summed E-state index contributed by atoms with van der Waals surface area (Å²) in [5.41, 5.74) is -1.30. The zero-order valence-corrected chi connectivity index (χ0v) is 17.5. The molecular weight excluding hydrogens is 430 g/mol. The van der Waals surface area contributed by atoms with Gasteiger partial charge in [-0.05, 0) is 51.1 Å². The molecule has 28 heavy (non-hydrogen) atoms. The molecule has 2 aromatic carbocycles. The molecule has 0 bridgehead atoms. The number of nitro groups is 1. The van der Waals surface area contributed by atoms with Gasteiger partial charge >= 0.3 is 0 Å². The number of anilines is 1. The molecule has 0 saturated heterocycles. The van der Waals surface area contributed by atoms with Crippen LogP contribution in [0.3, 0.4) is 0 Å². The van der Waals surface area contributed by atoms with Crippen LogP contribution >= 0.6 is 11.6 Å². The normalized spacial score (nSPS) is 12.6. The van der Waals surface area contributed by atoms with Crippen molar-refractivity contribution >= 4 is 43.0 Å². The molecule has 2 N–H and O–H groups in total. The van der Waals surface area contributed by atoms with Gasteiger partial charge in [0.25, 0.3) is 15.7 Å². The van der Waals surface area contributed by atoms with Crippen LogP contribution in [0.1, 0.15) is 20.8 Å². The molecule has 0 unspecified atom stereocenters. The van der Waals surface area contributed by atoms with Gasteiger partial charge in [-0.3, -0.25) is 14.8 Å². The molecule has 0 fully saturated rings. The fraction of sp³-hybridized carbons (Fsp3) is 0.250. The van der Waals surface area contributed by atoms with Crippen molar-refractivity contribution in [2.24, 2.45) is 0 Å². The SMILES string of the molecule is CC(C)(C)NS(=O)(=O)c1cccc(NS(=O)(=O)c2ccc(Cl)c([N+](=O)[O-])c2)c1. The molecule has 0 aliphatic carbocycles. The molecule has 0 radical (unpaired) electrons. The number of nitro benzene ring substituents is 1. The Bertz CT molecular complexity index is 1130. The Balaban J connectivity index is 2.38. The van der Waals surface area contributed by atoms with E-state index in [-0.39, 0.29) is 20.5 Å². The molecule has 0 amide bonds. The van der Waals surface area contributed by atoms with Crippen molar-refractivity contribution in [3.05, 3.63) is 57.6 Å². The maximum Gasteiger partial charge on any atom is 0.289 e. The average molecular weight is 448 g/mol. The molecule has 0 aliphatic rings. The van der Waals surface area contributed by atoms with Crippen molar-refractivity contribution in [1.29, 1.82) is 0 Å². The number of sulfonamides is 2. The highest BCUT2D eigenvalue weighted by Gasteiger charge is 2.24. The van der Waals surface area contributed by atoms with Gasteiger partial charge in [0.1, 0.15) is 5.02 Å². The Morgan fingerprint density at radius 3 is 2.14 bits per heavy atom. The van der Waals surface area contributed by atoms with Crippen molar-refractivity contribution in [1.82, 2.24) is 4.72 Å². The molecule has 9 nitrogen and oxygen atoms in total. The van der Waals surface area contributed by atoms with E-state index in [0.717, 1.165) is 24.3 Å². The van der Waals surface area contributed by atoms with Crippen LogP contribution in [0, 0.1) is 10.1 Å². The van der Waals surface area contributed by atoms with Gasteiger partial charge in [0.05, 0.1) is 20.4 Å². The third-order valence-electron chi connectivity index (χ3n) is 3.26. The van der Waals surface area contributed by atoms with Crippen LogP contribution in [0.4, 0.5) is 11.4 Å². The van der Waals surface area contributed by atoms with E-state index < -0.39 is 36.2 Å². The van der Waals surface area contributed by atoms with E-state index in [2.05, 4.69) is 9.44 Å². The van der Waals surface area contributed by atoms with Crippen LogP contribution in [0.2, 0.25) is 5.02 Å². The lowest BCUT2D eigenvalue weighted by molar-refractivity contribution is -0.384. The largest absolute Gasteiger partial charge is 0.289 e. The fourth-order valence-corrected chi connectivity index (χ4v) is 4.92. The van der Waals surface area contributed by atoms with Crippen LogP contribution in [-0.4, -0.2) is 27.3 Å². The smallest absolute Gasteiger partial charge is 0.280 e. The predicted octanol–water partition coefficient (Wildman–Crippen LogP) is 3.13. The summed E-state index contributed by atoms with van der Waals surface area (Å²) < 4.78 is 54.6. The van der Waals surface area contributed by atoms with E-state index in [0.29, 0.717) is 0 Å². The number of rotatable bonds is 6. The molecule has 0 aliphatic heterocycles. The van der Waals surface area contributed by atoms with Crippen molar-refractivity contribution in [3.63, 3.8) is 0 Å². The first-order chi connectivity index (χ1) is 12.7. The van der Waals surface area contributed by atoms with Crippen LogP contribution in [0.15, 0.2) is 52.3 Å². The van der Waals surface area contributed by atoms with Gasteiger partial charge in [-0.15, -0.1) is 0 Å². The Kier molecular flexibility index (Phi) is 6.04. The summed E-state index contributed by atoms with van der Waals surface area (Å²) in [6, 6.07) is 8.24. The van der Waals surface area contributed by atoms with Crippen molar-refractivity contribution in [2.75, 3.05) is 4.72 Å². The van der Waals surface area contributed by atoms with E-state index in [1.165, 1.54) is 18.2 Å². The molecule has 152 valence electrons. The van der Waals surface area contributed by atoms with Crippen LogP contribution in [-0.2, 0) is 20.0 Å². The monoisotopic (exact) mass is 447 g/mol. The lowest BCUT2D eigenvalue weighted by Gasteiger charge is -2.20. The summed E-state index contributed by atoms with van der Waals surface area (Å²) in [7, 11) is -8.09. The maximum absolute atomic E-state index is 12.5. The van der Waals surface area contributed by atoms with Crippen LogP contribution < -0.4 is 9.44 Å². The summed E-state index contributed by atoms with van der Waals surface area (Å²) in [4.78, 5) is 9.64. The summed E-state index contributed by atoms with van der Waals surface area (Å²) in [5, 5.41) is 10.8. The van der Waals surface area contributed by atoms with Gasteiger partial charge in [0, 0.05) is 11.6 Å². The van der Waals surface area contributed by atoms with Gasteiger partial charge in [0.2, 0.25) is 10.0 Å². The third-order valence-corrected chi connectivity index (χ3v) is 6.72. The first-order valence-electron chi connectivity index (χ1n) is 7.82. The topological polar surface area (TPSA) is 135 Å². The number of halogens is 1. The zero-order valence-electron chi connectivity index (χ0n) is 15.1. The maximum atomic E-state index is 12.5. The number of nitrogens with zero attached hydrogens (tertiary/aromatic N) is 1. The second kappa shape index (κ2) is 7.66. The highest BCUT2D eigenvalue weighted by atomic mass is 35.5. The van der Waals surface area contributed by atoms with E-state index >= 15 is 0 Å². The molecule has 0 heterocycles. The first-order valence-corrected chi connectivity index (χ1v) is 11.2. The lowest BCUT2D eigenvalue weighted by Crippen LogP contribution is -2.40. The first kappa shape index (κ1) is 22.1. The molecule has 0 saturated carbocycles. The number of benzene rings is 2. The minimum atomic E-state index is -4.21. The fourth-order valence-electron chi connectivity index (χ4n) is 2.20. The molecular formula is C16H18ClN3O6S2. The Morgan fingerprint density at radius 2 is 1.57 bits per heavy atom. The highest BCUT2D eigenvalue weighted by molar-refractivity contribution is 7.92.